The van der Waals surface area contributed by atoms with Crippen LogP contribution in [0, 0.1) is 0 Å². The zero-order valence-corrected chi connectivity index (χ0v) is 15.4. The zero-order chi connectivity index (χ0) is 19.6. The molecule has 0 aliphatic carbocycles. The zero-order valence-electron chi connectivity index (χ0n) is 15.4. The third-order valence-corrected chi connectivity index (χ3v) is 4.01. The number of methoxy groups -OCH3 is 3. The molecule has 1 aliphatic rings. The van der Waals surface area contributed by atoms with E-state index in [1.54, 1.807) is 36.4 Å². The molecule has 140 valence electrons. The summed E-state index contributed by atoms with van der Waals surface area (Å²) in [7, 11) is 4.58. The van der Waals surface area contributed by atoms with E-state index in [9.17, 15) is 9.59 Å². The quantitative estimate of drug-likeness (QED) is 0.815. The first-order valence-electron chi connectivity index (χ1n) is 8.12. The van der Waals surface area contributed by atoms with Gasteiger partial charge in [0.1, 0.15) is 11.5 Å². The molecule has 0 spiro atoms. The number of fused-ring (bicyclic) bond motifs is 1. The Morgan fingerprint density at radius 3 is 2.30 bits per heavy atom. The summed E-state index contributed by atoms with van der Waals surface area (Å²) in [5, 5.41) is 2.65. The molecular formula is C20H19NO6. The van der Waals surface area contributed by atoms with Crippen molar-refractivity contribution in [3.63, 3.8) is 0 Å². The number of ether oxygens (including phenoxy) is 4. The van der Waals surface area contributed by atoms with E-state index in [-0.39, 0.29) is 17.4 Å². The number of carbonyl (C=O) groups is 2. The average molecular weight is 369 g/mol. The molecule has 2 aromatic rings. The van der Waals surface area contributed by atoms with Crippen molar-refractivity contribution in [2.45, 2.75) is 6.92 Å². The van der Waals surface area contributed by atoms with Gasteiger partial charge < -0.3 is 24.3 Å². The second-order valence-corrected chi connectivity index (χ2v) is 5.78. The number of amides is 1. The fourth-order valence-electron chi connectivity index (χ4n) is 2.78. The van der Waals surface area contributed by atoms with E-state index >= 15 is 0 Å². The van der Waals surface area contributed by atoms with Crippen molar-refractivity contribution >= 4 is 23.5 Å². The summed E-state index contributed by atoms with van der Waals surface area (Å²) >= 11 is 0. The Balaban J connectivity index is 1.99. The molecule has 0 radical (unpaired) electrons. The number of Topliss-reactive ketones (excluding diaryl/α,β-unsaturated/α-hetero) is 1. The number of hydrogen-bond acceptors (Lipinski definition) is 6. The number of rotatable bonds is 5. The Kier molecular flexibility index (Phi) is 5.03. The van der Waals surface area contributed by atoms with Gasteiger partial charge in [-0.25, -0.2) is 0 Å². The van der Waals surface area contributed by atoms with Crippen LogP contribution in [0.15, 0.2) is 36.1 Å². The van der Waals surface area contributed by atoms with Crippen LogP contribution < -0.4 is 24.3 Å². The minimum absolute atomic E-state index is 0.149. The first-order valence-corrected chi connectivity index (χ1v) is 8.12. The Labute approximate surface area is 156 Å². The van der Waals surface area contributed by atoms with Gasteiger partial charge >= 0.3 is 0 Å². The van der Waals surface area contributed by atoms with E-state index in [2.05, 4.69) is 5.32 Å². The van der Waals surface area contributed by atoms with Gasteiger partial charge in [0.05, 0.1) is 26.9 Å². The van der Waals surface area contributed by atoms with Crippen molar-refractivity contribution in [3.05, 3.63) is 47.2 Å². The van der Waals surface area contributed by atoms with Crippen molar-refractivity contribution in [2.24, 2.45) is 0 Å². The number of ketones is 1. The molecular weight excluding hydrogens is 350 g/mol. The van der Waals surface area contributed by atoms with E-state index in [1.165, 1.54) is 28.3 Å². The van der Waals surface area contributed by atoms with Crippen LogP contribution in [-0.2, 0) is 4.79 Å². The fourth-order valence-corrected chi connectivity index (χ4v) is 2.78. The van der Waals surface area contributed by atoms with E-state index in [0.29, 0.717) is 39.8 Å². The third kappa shape index (κ3) is 3.57. The maximum Gasteiger partial charge on any atom is 0.232 e. The summed E-state index contributed by atoms with van der Waals surface area (Å²) < 4.78 is 21.6. The number of allylic oxidation sites excluding steroid dienone is 1. The molecule has 27 heavy (non-hydrogen) atoms. The van der Waals surface area contributed by atoms with Crippen LogP contribution in [0.3, 0.4) is 0 Å². The molecule has 0 atom stereocenters. The largest absolute Gasteiger partial charge is 0.496 e. The monoisotopic (exact) mass is 369 g/mol. The smallest absolute Gasteiger partial charge is 0.232 e. The predicted molar refractivity (Wildman–Crippen MR) is 99.8 cm³/mol. The Bertz CT molecular complexity index is 948. The van der Waals surface area contributed by atoms with Gasteiger partial charge in [0.2, 0.25) is 11.7 Å². The molecule has 0 unspecified atom stereocenters. The van der Waals surface area contributed by atoms with Gasteiger partial charge in [-0.3, -0.25) is 9.59 Å². The Morgan fingerprint density at radius 1 is 1.00 bits per heavy atom. The molecule has 0 bridgehead atoms. The van der Waals surface area contributed by atoms with Gasteiger partial charge in [-0.05, 0) is 30.3 Å². The molecule has 1 aliphatic heterocycles. The summed E-state index contributed by atoms with van der Waals surface area (Å²) in [6.07, 6.45) is 1.58. The van der Waals surface area contributed by atoms with Crippen molar-refractivity contribution in [1.82, 2.24) is 0 Å². The topological polar surface area (TPSA) is 83.1 Å². The molecule has 0 fully saturated rings. The highest BCUT2D eigenvalue weighted by Gasteiger charge is 2.28. The molecule has 7 nitrogen and oxygen atoms in total. The molecule has 1 amide bonds. The molecule has 0 saturated carbocycles. The summed E-state index contributed by atoms with van der Waals surface area (Å²) in [6, 6.07) is 8.28. The maximum absolute atomic E-state index is 12.7. The Morgan fingerprint density at radius 2 is 1.67 bits per heavy atom. The van der Waals surface area contributed by atoms with Crippen LogP contribution in [-0.4, -0.2) is 33.0 Å². The third-order valence-electron chi connectivity index (χ3n) is 4.01. The number of benzene rings is 2. The minimum Gasteiger partial charge on any atom is -0.496 e. The van der Waals surface area contributed by atoms with Crippen molar-refractivity contribution in [3.8, 4) is 23.0 Å². The van der Waals surface area contributed by atoms with Gasteiger partial charge in [-0.1, -0.05) is 0 Å². The number of hydrogen-bond donors (Lipinski definition) is 1. The molecule has 3 rings (SSSR count). The second-order valence-electron chi connectivity index (χ2n) is 5.78. The lowest BCUT2D eigenvalue weighted by Crippen LogP contribution is -2.06. The maximum atomic E-state index is 12.7. The minimum atomic E-state index is -0.283. The number of nitrogens with one attached hydrogen (secondary N) is 1. The highest BCUT2D eigenvalue weighted by molar-refractivity contribution is 6.15. The highest BCUT2D eigenvalue weighted by atomic mass is 16.5. The van der Waals surface area contributed by atoms with Gasteiger partial charge in [0.25, 0.3) is 0 Å². The van der Waals surface area contributed by atoms with Crippen LogP contribution in [0.5, 0.6) is 23.0 Å². The van der Waals surface area contributed by atoms with Crippen LogP contribution in [0.2, 0.25) is 0 Å². The van der Waals surface area contributed by atoms with Crippen LogP contribution in [0.4, 0.5) is 5.69 Å². The SMILES string of the molecule is COc1cc(OC)c(OC)cc1/C=C1\Oc2ccc(NC(C)=O)cc2C1=O. The predicted octanol–water partition coefficient (Wildman–Crippen LogP) is 3.29. The normalized spacial score (nSPS) is 13.8. The average Bonchev–Trinajstić information content (AvgIpc) is 2.96. The number of carbonyl (C=O) groups excluding carboxylic acids is 2. The molecule has 0 saturated heterocycles. The first kappa shape index (κ1) is 18.3. The van der Waals surface area contributed by atoms with Gasteiger partial charge in [-0.15, -0.1) is 0 Å². The van der Waals surface area contributed by atoms with Crippen molar-refractivity contribution < 1.29 is 28.5 Å². The van der Waals surface area contributed by atoms with E-state index in [4.69, 9.17) is 18.9 Å². The van der Waals surface area contributed by atoms with Crippen LogP contribution >= 0.6 is 0 Å². The van der Waals surface area contributed by atoms with Gasteiger partial charge in [-0.2, -0.15) is 0 Å². The van der Waals surface area contributed by atoms with Crippen molar-refractivity contribution in [2.75, 3.05) is 26.6 Å². The second kappa shape index (κ2) is 7.41. The molecule has 7 heteroatoms. The fraction of sp³-hybridized carbons (Fsp3) is 0.200. The summed E-state index contributed by atoms with van der Waals surface area (Å²) in [5.41, 5.74) is 1.52. The van der Waals surface area contributed by atoms with Gasteiger partial charge in [0.15, 0.2) is 17.3 Å². The molecule has 1 N–H and O–H groups in total. The van der Waals surface area contributed by atoms with Crippen LogP contribution in [0.1, 0.15) is 22.8 Å². The van der Waals surface area contributed by atoms with E-state index in [0.717, 1.165) is 0 Å². The summed E-state index contributed by atoms with van der Waals surface area (Å²) in [5.74, 6) is 1.60. The van der Waals surface area contributed by atoms with Crippen LogP contribution in [0.25, 0.3) is 6.08 Å². The molecule has 0 aromatic heterocycles. The molecule has 2 aromatic carbocycles. The summed E-state index contributed by atoms with van der Waals surface area (Å²) in [6.45, 7) is 1.40. The molecule has 1 heterocycles. The number of anilines is 1. The lowest BCUT2D eigenvalue weighted by molar-refractivity contribution is -0.114. The Hall–Kier alpha value is -3.48. The lowest BCUT2D eigenvalue weighted by Gasteiger charge is -2.12. The van der Waals surface area contributed by atoms with E-state index in [1.807, 2.05) is 0 Å². The van der Waals surface area contributed by atoms with Crippen molar-refractivity contribution in [1.29, 1.82) is 0 Å². The lowest BCUT2D eigenvalue weighted by atomic mass is 10.1. The van der Waals surface area contributed by atoms with Gasteiger partial charge in [0, 0.05) is 24.2 Å². The standard InChI is InChI=1S/C20H19NO6/c1-11(22)21-13-5-6-15-14(9-13)20(23)19(27-15)8-12-7-17(25-3)18(26-4)10-16(12)24-2/h5-10H,1-4H3,(H,21,22)/b19-8-. The highest BCUT2D eigenvalue weighted by Crippen LogP contribution is 2.38. The first-order chi connectivity index (χ1) is 13.0. The van der Waals surface area contributed by atoms with E-state index < -0.39 is 0 Å². The summed E-state index contributed by atoms with van der Waals surface area (Å²) in [4.78, 5) is 23.9.